The first-order valence-electron chi connectivity index (χ1n) is 3.88. The van der Waals surface area contributed by atoms with Crippen molar-refractivity contribution in [3.05, 3.63) is 35.4 Å². The third kappa shape index (κ3) is 1.90. The number of aryl methyl sites for hydroxylation is 1. The molecule has 0 saturated carbocycles. The summed E-state index contributed by atoms with van der Waals surface area (Å²) in [5.41, 5.74) is 2.98. The lowest BCUT2D eigenvalue weighted by molar-refractivity contribution is 1.14. The quantitative estimate of drug-likeness (QED) is 0.622. The molecule has 0 aliphatic carbocycles. The van der Waals surface area contributed by atoms with Crippen LogP contribution in [0.15, 0.2) is 24.3 Å². The molecule has 1 heteroatoms. The molecule has 0 aliphatic rings. The summed E-state index contributed by atoms with van der Waals surface area (Å²) in [5, 5.41) is 7.36. The van der Waals surface area contributed by atoms with E-state index in [2.05, 4.69) is 19.1 Å². The van der Waals surface area contributed by atoms with Crippen LogP contribution in [0, 0.1) is 5.41 Å². The van der Waals surface area contributed by atoms with Crippen molar-refractivity contribution in [3.63, 3.8) is 0 Å². The Morgan fingerprint density at radius 3 is 2.18 bits per heavy atom. The Kier molecular flexibility index (Phi) is 2.42. The first-order valence-corrected chi connectivity index (χ1v) is 3.88. The van der Waals surface area contributed by atoms with Gasteiger partial charge in [0.05, 0.1) is 0 Å². The molecule has 0 heterocycles. The van der Waals surface area contributed by atoms with E-state index in [0.29, 0.717) is 5.71 Å². The zero-order valence-corrected chi connectivity index (χ0v) is 7.02. The highest BCUT2D eigenvalue weighted by atomic mass is 14.4. The number of benzene rings is 1. The molecule has 0 saturated heterocycles. The summed E-state index contributed by atoms with van der Waals surface area (Å²) < 4.78 is 0. The fraction of sp³-hybridized carbons (Fsp3) is 0.300. The van der Waals surface area contributed by atoms with Gasteiger partial charge in [-0.1, -0.05) is 31.2 Å². The van der Waals surface area contributed by atoms with Crippen LogP contribution in [0.3, 0.4) is 0 Å². The number of rotatable bonds is 2. The van der Waals surface area contributed by atoms with Gasteiger partial charge >= 0.3 is 0 Å². The van der Waals surface area contributed by atoms with E-state index in [9.17, 15) is 0 Å². The van der Waals surface area contributed by atoms with Crippen LogP contribution in [0.25, 0.3) is 0 Å². The van der Waals surface area contributed by atoms with E-state index < -0.39 is 0 Å². The van der Waals surface area contributed by atoms with Gasteiger partial charge in [0, 0.05) is 5.71 Å². The van der Waals surface area contributed by atoms with E-state index in [1.165, 1.54) is 5.56 Å². The molecular formula is C10H13N. The number of hydrogen-bond donors (Lipinski definition) is 1. The molecule has 0 unspecified atom stereocenters. The van der Waals surface area contributed by atoms with E-state index in [0.717, 1.165) is 12.0 Å². The van der Waals surface area contributed by atoms with Crippen molar-refractivity contribution in [2.45, 2.75) is 20.3 Å². The van der Waals surface area contributed by atoms with E-state index in [-0.39, 0.29) is 0 Å². The van der Waals surface area contributed by atoms with Crippen LogP contribution < -0.4 is 0 Å². The van der Waals surface area contributed by atoms with Gasteiger partial charge in [0.25, 0.3) is 0 Å². The molecule has 0 radical (unpaired) electrons. The topological polar surface area (TPSA) is 23.9 Å². The second-order valence-corrected chi connectivity index (χ2v) is 2.68. The molecule has 0 amide bonds. The molecule has 1 aromatic carbocycles. The summed E-state index contributed by atoms with van der Waals surface area (Å²) in [6.45, 7) is 3.94. The molecule has 0 aromatic heterocycles. The summed E-state index contributed by atoms with van der Waals surface area (Å²) >= 11 is 0. The van der Waals surface area contributed by atoms with Crippen molar-refractivity contribution in [2.24, 2.45) is 0 Å². The lowest BCUT2D eigenvalue weighted by Gasteiger charge is -1.98. The van der Waals surface area contributed by atoms with Gasteiger partial charge in [-0.05, 0) is 24.5 Å². The average molecular weight is 147 g/mol. The van der Waals surface area contributed by atoms with Crippen molar-refractivity contribution in [3.8, 4) is 0 Å². The Labute approximate surface area is 67.6 Å². The van der Waals surface area contributed by atoms with Gasteiger partial charge in [0.15, 0.2) is 0 Å². The highest BCUT2D eigenvalue weighted by Crippen LogP contribution is 2.04. The standard InChI is InChI=1S/C10H13N/c1-3-9-4-6-10(7-5-9)8(2)11/h4-7,11H,3H2,1-2H3. The van der Waals surface area contributed by atoms with Crippen LogP contribution in [0.5, 0.6) is 0 Å². The Bertz CT molecular complexity index is 246. The number of nitrogens with one attached hydrogen (secondary N) is 1. The van der Waals surface area contributed by atoms with Gasteiger partial charge in [0.1, 0.15) is 0 Å². The molecule has 0 fully saturated rings. The summed E-state index contributed by atoms with van der Waals surface area (Å²) in [4.78, 5) is 0. The molecule has 0 bridgehead atoms. The second-order valence-electron chi connectivity index (χ2n) is 2.68. The van der Waals surface area contributed by atoms with E-state index >= 15 is 0 Å². The molecule has 11 heavy (non-hydrogen) atoms. The molecule has 58 valence electrons. The van der Waals surface area contributed by atoms with Crippen LogP contribution in [-0.2, 0) is 6.42 Å². The second kappa shape index (κ2) is 3.33. The Morgan fingerprint density at radius 2 is 1.82 bits per heavy atom. The van der Waals surface area contributed by atoms with Crippen molar-refractivity contribution in [1.29, 1.82) is 5.41 Å². The van der Waals surface area contributed by atoms with Gasteiger partial charge < -0.3 is 5.41 Å². The lowest BCUT2D eigenvalue weighted by atomic mass is 10.1. The number of hydrogen-bond acceptors (Lipinski definition) is 1. The highest BCUT2D eigenvalue weighted by Gasteiger charge is 1.93. The Balaban J connectivity index is 2.91. The van der Waals surface area contributed by atoms with Crippen LogP contribution in [-0.4, -0.2) is 5.71 Å². The molecule has 1 N–H and O–H groups in total. The third-order valence-corrected chi connectivity index (χ3v) is 1.80. The molecular weight excluding hydrogens is 134 g/mol. The van der Waals surface area contributed by atoms with Crippen LogP contribution in [0.4, 0.5) is 0 Å². The van der Waals surface area contributed by atoms with Gasteiger partial charge in [-0.2, -0.15) is 0 Å². The van der Waals surface area contributed by atoms with Crippen LogP contribution in [0.2, 0.25) is 0 Å². The van der Waals surface area contributed by atoms with Crippen molar-refractivity contribution < 1.29 is 0 Å². The van der Waals surface area contributed by atoms with E-state index in [1.54, 1.807) is 6.92 Å². The summed E-state index contributed by atoms with van der Waals surface area (Å²) in [6.07, 6.45) is 1.07. The first-order chi connectivity index (χ1) is 5.24. The van der Waals surface area contributed by atoms with Crippen LogP contribution >= 0.6 is 0 Å². The normalized spacial score (nSPS) is 9.64. The van der Waals surface area contributed by atoms with E-state index in [4.69, 9.17) is 5.41 Å². The predicted molar refractivity (Wildman–Crippen MR) is 48.3 cm³/mol. The van der Waals surface area contributed by atoms with Crippen molar-refractivity contribution in [2.75, 3.05) is 0 Å². The fourth-order valence-electron chi connectivity index (χ4n) is 0.990. The maximum absolute atomic E-state index is 7.36. The SMILES string of the molecule is CCc1ccc(C(C)=N)cc1. The third-order valence-electron chi connectivity index (χ3n) is 1.80. The molecule has 0 atom stereocenters. The largest absolute Gasteiger partial charge is 0.305 e. The average Bonchev–Trinajstić information content (AvgIpc) is 2.05. The molecule has 1 aromatic rings. The highest BCUT2D eigenvalue weighted by molar-refractivity contribution is 5.96. The monoisotopic (exact) mass is 147 g/mol. The minimum Gasteiger partial charge on any atom is -0.305 e. The Hall–Kier alpha value is -1.11. The molecule has 1 rings (SSSR count). The minimum absolute atomic E-state index is 0.632. The van der Waals surface area contributed by atoms with Gasteiger partial charge in [-0.25, -0.2) is 0 Å². The van der Waals surface area contributed by atoms with E-state index in [1.807, 2.05) is 12.1 Å². The zero-order chi connectivity index (χ0) is 8.27. The molecule has 0 aliphatic heterocycles. The predicted octanol–water partition coefficient (Wildman–Crippen LogP) is 2.64. The van der Waals surface area contributed by atoms with Gasteiger partial charge in [-0.3, -0.25) is 0 Å². The summed E-state index contributed by atoms with van der Waals surface area (Å²) in [6, 6.07) is 8.16. The summed E-state index contributed by atoms with van der Waals surface area (Å²) in [5.74, 6) is 0. The summed E-state index contributed by atoms with van der Waals surface area (Å²) in [7, 11) is 0. The fourth-order valence-corrected chi connectivity index (χ4v) is 0.990. The molecule has 0 spiro atoms. The maximum atomic E-state index is 7.36. The van der Waals surface area contributed by atoms with Gasteiger partial charge in [0.2, 0.25) is 0 Å². The smallest absolute Gasteiger partial charge is 0.0355 e. The van der Waals surface area contributed by atoms with Crippen LogP contribution in [0.1, 0.15) is 25.0 Å². The van der Waals surface area contributed by atoms with Crippen molar-refractivity contribution in [1.82, 2.24) is 0 Å². The molecule has 1 nitrogen and oxygen atoms in total. The Morgan fingerprint density at radius 1 is 1.27 bits per heavy atom. The maximum Gasteiger partial charge on any atom is 0.0355 e. The van der Waals surface area contributed by atoms with Crippen molar-refractivity contribution >= 4 is 5.71 Å². The van der Waals surface area contributed by atoms with Gasteiger partial charge in [-0.15, -0.1) is 0 Å². The zero-order valence-electron chi connectivity index (χ0n) is 7.02. The minimum atomic E-state index is 0.632. The lowest BCUT2D eigenvalue weighted by Crippen LogP contribution is -1.91. The first kappa shape index (κ1) is 7.99.